The summed E-state index contributed by atoms with van der Waals surface area (Å²) in [5.41, 5.74) is 14.9. The molecule has 5 N–H and O–H groups in total. The molecule has 3 amide bonds. The summed E-state index contributed by atoms with van der Waals surface area (Å²) in [4.78, 5) is 40.1. The highest BCUT2D eigenvalue weighted by atomic mass is 19.1. The number of hydrazine groups is 1. The van der Waals surface area contributed by atoms with Gasteiger partial charge in [0.05, 0.1) is 12.6 Å². The molecule has 2 heterocycles. The van der Waals surface area contributed by atoms with Crippen molar-refractivity contribution < 1.29 is 18.8 Å². The third kappa shape index (κ3) is 6.17. The number of carbonyl (C=O) groups excluding carboxylic acids is 3. The second kappa shape index (κ2) is 11.4. The van der Waals surface area contributed by atoms with E-state index in [1.54, 1.807) is 23.1 Å². The van der Waals surface area contributed by atoms with Gasteiger partial charge in [-0.05, 0) is 87.4 Å². The lowest BCUT2D eigenvalue weighted by Crippen LogP contribution is -2.52. The molecule has 0 spiro atoms. The molecular formula is C28H36FN5O3. The molecule has 8 nitrogen and oxygen atoms in total. The fourth-order valence-electron chi connectivity index (χ4n) is 5.50. The van der Waals surface area contributed by atoms with Crippen LogP contribution in [0, 0.1) is 18.7 Å². The van der Waals surface area contributed by atoms with Gasteiger partial charge in [-0.15, -0.1) is 0 Å². The van der Waals surface area contributed by atoms with Gasteiger partial charge >= 0.3 is 0 Å². The van der Waals surface area contributed by atoms with Crippen LogP contribution in [0.25, 0.3) is 0 Å². The Hall–Kier alpha value is -3.30. The number of hydrogen-bond acceptors (Lipinski definition) is 5. The highest BCUT2D eigenvalue weighted by molar-refractivity contribution is 5.96. The third-order valence-corrected chi connectivity index (χ3v) is 7.48. The molecule has 4 rings (SSSR count). The van der Waals surface area contributed by atoms with Crippen LogP contribution >= 0.6 is 0 Å². The largest absolute Gasteiger partial charge is 0.343 e. The minimum absolute atomic E-state index is 0.0265. The first-order valence-electron chi connectivity index (χ1n) is 12.9. The van der Waals surface area contributed by atoms with Crippen molar-refractivity contribution in [3.63, 3.8) is 0 Å². The van der Waals surface area contributed by atoms with E-state index in [2.05, 4.69) is 16.2 Å². The summed E-state index contributed by atoms with van der Waals surface area (Å²) in [5.74, 6) is -1.11. The maximum atomic E-state index is 13.9. The van der Waals surface area contributed by atoms with Crippen LogP contribution in [0.1, 0.15) is 66.2 Å². The molecule has 2 aromatic rings. The maximum Gasteiger partial charge on any atom is 0.251 e. The summed E-state index contributed by atoms with van der Waals surface area (Å²) in [6.07, 6.45) is 2.74. The van der Waals surface area contributed by atoms with Crippen molar-refractivity contribution in [2.75, 3.05) is 6.54 Å². The summed E-state index contributed by atoms with van der Waals surface area (Å²) in [6.45, 7) is 5.62. The lowest BCUT2D eigenvalue weighted by molar-refractivity contribution is -0.133. The normalized spacial score (nSPS) is 24.5. The van der Waals surface area contributed by atoms with Crippen LogP contribution in [0.5, 0.6) is 0 Å². The van der Waals surface area contributed by atoms with E-state index < -0.39 is 0 Å². The summed E-state index contributed by atoms with van der Waals surface area (Å²) in [7, 11) is 0. The predicted molar refractivity (Wildman–Crippen MR) is 139 cm³/mol. The van der Waals surface area contributed by atoms with Crippen LogP contribution in [-0.4, -0.2) is 47.3 Å². The van der Waals surface area contributed by atoms with Crippen molar-refractivity contribution >= 4 is 17.7 Å². The molecule has 2 aromatic carbocycles. The molecule has 9 heteroatoms. The van der Waals surface area contributed by atoms with Crippen molar-refractivity contribution in [3.8, 4) is 0 Å². The molecule has 0 bridgehead atoms. The topological polar surface area (TPSA) is 117 Å². The standard InChI is InChI=1S/C28H36FN5O3/c1-16-11-21(8-7-19(16)13-22-12-17(2)32-33-28(22)37)27(36)31-15-26(35)34-24(18(3)30)9-10-25(34)20-5-4-6-23(29)14-20/h4-8,11,14,17-18,22,24-25,32H,9-10,12-13,15,30H2,1-3H3,(H,31,36)(H,33,37)/t17?,18-,22?,24+,25-/m0/s1. The molecule has 0 radical (unpaired) electrons. The predicted octanol–water partition coefficient (Wildman–Crippen LogP) is 2.52. The SMILES string of the molecule is Cc1cc(C(=O)NCC(=O)N2[C@@H]([C@H](C)N)CC[C@H]2c2cccc(F)c2)ccc1CC1CC(C)NNC1=O. The van der Waals surface area contributed by atoms with Gasteiger partial charge in [0.2, 0.25) is 11.8 Å². The van der Waals surface area contributed by atoms with E-state index in [1.807, 2.05) is 32.9 Å². The van der Waals surface area contributed by atoms with Gasteiger partial charge in [0.15, 0.2) is 0 Å². The number of aryl methyl sites for hydroxylation is 1. The van der Waals surface area contributed by atoms with Gasteiger partial charge in [0.25, 0.3) is 5.91 Å². The monoisotopic (exact) mass is 509 g/mol. The zero-order valence-electron chi connectivity index (χ0n) is 21.6. The molecule has 0 aromatic heterocycles. The lowest BCUT2D eigenvalue weighted by Gasteiger charge is -2.33. The van der Waals surface area contributed by atoms with Crippen molar-refractivity contribution in [2.24, 2.45) is 11.7 Å². The Balaban J connectivity index is 1.41. The van der Waals surface area contributed by atoms with Crippen LogP contribution < -0.4 is 21.9 Å². The number of nitrogens with one attached hydrogen (secondary N) is 3. The molecule has 2 aliphatic heterocycles. The van der Waals surface area contributed by atoms with Gasteiger partial charge in [0.1, 0.15) is 5.82 Å². The summed E-state index contributed by atoms with van der Waals surface area (Å²) in [6, 6.07) is 11.1. The van der Waals surface area contributed by atoms with E-state index in [1.165, 1.54) is 12.1 Å². The number of nitrogens with two attached hydrogens (primary N) is 1. The first-order chi connectivity index (χ1) is 17.6. The quantitative estimate of drug-likeness (QED) is 0.458. The van der Waals surface area contributed by atoms with Crippen LogP contribution in [0.15, 0.2) is 42.5 Å². The van der Waals surface area contributed by atoms with E-state index in [4.69, 9.17) is 5.73 Å². The van der Waals surface area contributed by atoms with E-state index in [-0.39, 0.29) is 60.2 Å². The van der Waals surface area contributed by atoms with E-state index in [0.717, 1.165) is 23.1 Å². The average molecular weight is 510 g/mol. The number of benzene rings is 2. The second-order valence-electron chi connectivity index (χ2n) is 10.4. The molecule has 198 valence electrons. The Labute approximate surface area is 217 Å². The molecule has 37 heavy (non-hydrogen) atoms. The van der Waals surface area contributed by atoms with Gasteiger partial charge in [-0.2, -0.15) is 0 Å². The number of carbonyl (C=O) groups is 3. The Bertz CT molecular complexity index is 1170. The Morgan fingerprint density at radius 1 is 1.22 bits per heavy atom. The van der Waals surface area contributed by atoms with Crippen molar-refractivity contribution in [3.05, 3.63) is 70.5 Å². The molecule has 0 saturated carbocycles. The number of halogens is 1. The smallest absolute Gasteiger partial charge is 0.251 e. The Kier molecular flexibility index (Phi) is 8.24. The Morgan fingerprint density at radius 3 is 2.70 bits per heavy atom. The fraction of sp³-hybridized carbons (Fsp3) is 0.464. The number of amides is 3. The number of hydrogen-bond donors (Lipinski definition) is 4. The summed E-state index contributed by atoms with van der Waals surface area (Å²) >= 11 is 0. The van der Waals surface area contributed by atoms with Gasteiger partial charge in [-0.3, -0.25) is 19.8 Å². The van der Waals surface area contributed by atoms with E-state index >= 15 is 0 Å². The number of likely N-dealkylation sites (tertiary alicyclic amines) is 1. The Morgan fingerprint density at radius 2 is 2.00 bits per heavy atom. The summed E-state index contributed by atoms with van der Waals surface area (Å²) in [5, 5.41) is 2.74. The molecule has 5 atom stereocenters. The van der Waals surface area contributed by atoms with Crippen molar-refractivity contribution in [1.82, 2.24) is 21.1 Å². The van der Waals surface area contributed by atoms with Crippen LogP contribution in [0.2, 0.25) is 0 Å². The van der Waals surface area contributed by atoms with E-state index in [0.29, 0.717) is 24.8 Å². The first-order valence-corrected chi connectivity index (χ1v) is 12.9. The average Bonchev–Trinajstić information content (AvgIpc) is 3.31. The van der Waals surface area contributed by atoms with Gasteiger partial charge in [0, 0.05) is 29.6 Å². The molecule has 0 aliphatic carbocycles. The highest BCUT2D eigenvalue weighted by Gasteiger charge is 2.39. The first kappa shape index (κ1) is 26.8. The molecule has 2 unspecified atom stereocenters. The minimum atomic E-state index is -0.352. The van der Waals surface area contributed by atoms with Gasteiger partial charge in [-0.25, -0.2) is 9.82 Å². The second-order valence-corrected chi connectivity index (χ2v) is 10.4. The molecular weight excluding hydrogens is 473 g/mol. The zero-order chi connectivity index (χ0) is 26.7. The van der Waals surface area contributed by atoms with Crippen LogP contribution in [0.4, 0.5) is 4.39 Å². The van der Waals surface area contributed by atoms with Crippen LogP contribution in [0.3, 0.4) is 0 Å². The highest BCUT2D eigenvalue weighted by Crippen LogP contribution is 2.37. The zero-order valence-corrected chi connectivity index (χ0v) is 21.6. The maximum absolute atomic E-state index is 13.9. The third-order valence-electron chi connectivity index (χ3n) is 7.48. The summed E-state index contributed by atoms with van der Waals surface area (Å²) < 4.78 is 13.9. The van der Waals surface area contributed by atoms with Crippen LogP contribution in [-0.2, 0) is 16.0 Å². The lowest BCUT2D eigenvalue weighted by atomic mass is 9.89. The fourth-order valence-corrected chi connectivity index (χ4v) is 5.50. The minimum Gasteiger partial charge on any atom is -0.343 e. The van der Waals surface area contributed by atoms with Crippen molar-refractivity contribution in [2.45, 2.75) is 70.6 Å². The molecule has 2 saturated heterocycles. The number of rotatable bonds is 7. The van der Waals surface area contributed by atoms with Gasteiger partial charge in [-0.1, -0.05) is 18.2 Å². The number of nitrogens with zero attached hydrogens (tertiary/aromatic N) is 1. The van der Waals surface area contributed by atoms with Gasteiger partial charge < -0.3 is 16.0 Å². The van der Waals surface area contributed by atoms with E-state index in [9.17, 15) is 18.8 Å². The molecule has 2 aliphatic rings. The molecule has 2 fully saturated rings. The van der Waals surface area contributed by atoms with Crippen molar-refractivity contribution in [1.29, 1.82) is 0 Å².